The van der Waals surface area contributed by atoms with E-state index in [2.05, 4.69) is 6.58 Å². The Balaban J connectivity index is 4.10. The molecule has 2 atom stereocenters. The molecule has 4 nitrogen and oxygen atoms in total. The van der Waals surface area contributed by atoms with Crippen LogP contribution in [-0.4, -0.2) is 22.2 Å². The molecule has 0 bridgehead atoms. The molecule has 0 heterocycles. The van der Waals surface area contributed by atoms with Gasteiger partial charge in [0.25, 0.3) is 0 Å². The number of hydrogen-bond acceptors (Lipinski definition) is 2. The summed E-state index contributed by atoms with van der Waals surface area (Å²) in [6.45, 7) is 5.61. The second kappa shape index (κ2) is 7.91. The van der Waals surface area contributed by atoms with E-state index in [0.717, 1.165) is 6.42 Å². The predicted octanol–water partition coefficient (Wildman–Crippen LogP) is 2.54. The largest absolute Gasteiger partial charge is 0.481 e. The number of rotatable bonds is 9. The van der Waals surface area contributed by atoms with Gasteiger partial charge in [-0.05, 0) is 24.7 Å². The molecule has 0 aromatic heterocycles. The molecule has 0 aliphatic carbocycles. The second-order valence-electron chi connectivity index (χ2n) is 4.04. The summed E-state index contributed by atoms with van der Waals surface area (Å²) in [4.78, 5) is 21.0. The molecule has 0 aliphatic rings. The van der Waals surface area contributed by atoms with Crippen molar-refractivity contribution in [1.82, 2.24) is 0 Å². The van der Waals surface area contributed by atoms with E-state index >= 15 is 0 Å². The van der Waals surface area contributed by atoms with E-state index in [1.807, 2.05) is 6.92 Å². The van der Waals surface area contributed by atoms with Gasteiger partial charge in [0, 0.05) is 6.42 Å². The molecule has 2 N–H and O–H groups in total. The quantitative estimate of drug-likeness (QED) is 0.595. The average molecular weight is 228 g/mol. The number of aliphatic carboxylic acids is 2. The van der Waals surface area contributed by atoms with E-state index in [4.69, 9.17) is 10.2 Å². The van der Waals surface area contributed by atoms with Crippen LogP contribution < -0.4 is 0 Å². The Bertz CT molecular complexity index is 247. The van der Waals surface area contributed by atoms with Crippen molar-refractivity contribution in [2.24, 2.45) is 11.8 Å². The van der Waals surface area contributed by atoms with Crippen LogP contribution in [0.4, 0.5) is 0 Å². The number of allylic oxidation sites excluding steroid dienone is 1. The summed E-state index contributed by atoms with van der Waals surface area (Å²) in [5.74, 6) is -1.43. The summed E-state index contributed by atoms with van der Waals surface area (Å²) in [7, 11) is 0. The first kappa shape index (κ1) is 14.7. The molecule has 0 saturated heterocycles. The monoisotopic (exact) mass is 228 g/mol. The third-order valence-electron chi connectivity index (χ3n) is 2.75. The van der Waals surface area contributed by atoms with Gasteiger partial charge in [0.2, 0.25) is 0 Å². The van der Waals surface area contributed by atoms with Crippen molar-refractivity contribution in [3.05, 3.63) is 12.7 Å². The van der Waals surface area contributed by atoms with Crippen molar-refractivity contribution in [3.63, 3.8) is 0 Å². The zero-order valence-electron chi connectivity index (χ0n) is 9.69. The molecule has 16 heavy (non-hydrogen) atoms. The fourth-order valence-corrected chi connectivity index (χ4v) is 1.73. The van der Waals surface area contributed by atoms with Crippen LogP contribution in [0.5, 0.6) is 0 Å². The third-order valence-corrected chi connectivity index (χ3v) is 2.75. The summed E-state index contributed by atoms with van der Waals surface area (Å²) in [5.41, 5.74) is 0. The first-order chi connectivity index (χ1) is 7.49. The number of hydrogen-bond donors (Lipinski definition) is 2. The van der Waals surface area contributed by atoms with Gasteiger partial charge in [0.15, 0.2) is 0 Å². The Hall–Kier alpha value is -1.32. The smallest absolute Gasteiger partial charge is 0.303 e. The normalized spacial score (nSPS) is 14.1. The van der Waals surface area contributed by atoms with Crippen molar-refractivity contribution in [3.8, 4) is 0 Å². The first-order valence-electron chi connectivity index (χ1n) is 5.55. The van der Waals surface area contributed by atoms with Gasteiger partial charge in [-0.25, -0.2) is 0 Å². The van der Waals surface area contributed by atoms with Crippen molar-refractivity contribution in [2.75, 3.05) is 0 Å². The molecule has 2 unspecified atom stereocenters. The van der Waals surface area contributed by atoms with Crippen LogP contribution >= 0.6 is 0 Å². The zero-order chi connectivity index (χ0) is 12.6. The van der Waals surface area contributed by atoms with Gasteiger partial charge in [0.1, 0.15) is 0 Å². The molecule has 0 aliphatic heterocycles. The maximum absolute atomic E-state index is 10.6. The van der Waals surface area contributed by atoms with Crippen LogP contribution in [0.25, 0.3) is 0 Å². The molecule has 0 aromatic carbocycles. The fourth-order valence-electron chi connectivity index (χ4n) is 1.73. The number of carbonyl (C=O) groups is 2. The highest BCUT2D eigenvalue weighted by molar-refractivity contribution is 5.67. The first-order valence-corrected chi connectivity index (χ1v) is 5.55. The maximum atomic E-state index is 10.6. The van der Waals surface area contributed by atoms with Gasteiger partial charge in [0.05, 0.1) is 6.42 Å². The Morgan fingerprint density at radius 2 is 1.94 bits per heavy atom. The van der Waals surface area contributed by atoms with Crippen molar-refractivity contribution < 1.29 is 19.8 Å². The molecule has 0 amide bonds. The SMILES string of the molecule is C=CC(CC(=O)O)CC(CC)CCC(=O)O. The number of carboxylic acid groups (broad SMARTS) is 2. The third kappa shape index (κ3) is 7.04. The van der Waals surface area contributed by atoms with E-state index < -0.39 is 11.9 Å². The van der Waals surface area contributed by atoms with Crippen LogP contribution in [0.3, 0.4) is 0 Å². The molecule has 0 saturated carbocycles. The summed E-state index contributed by atoms with van der Waals surface area (Å²) < 4.78 is 0. The molecule has 92 valence electrons. The Morgan fingerprint density at radius 3 is 2.31 bits per heavy atom. The second-order valence-corrected chi connectivity index (χ2v) is 4.04. The molecule has 0 radical (unpaired) electrons. The van der Waals surface area contributed by atoms with Crippen LogP contribution in [0.15, 0.2) is 12.7 Å². The lowest BCUT2D eigenvalue weighted by Crippen LogP contribution is -2.12. The Kier molecular flexibility index (Phi) is 7.25. The highest BCUT2D eigenvalue weighted by Gasteiger charge is 2.16. The van der Waals surface area contributed by atoms with Crippen LogP contribution in [0, 0.1) is 11.8 Å². The minimum atomic E-state index is -0.835. The molecular formula is C12H20O4. The molecule has 0 spiro atoms. The van der Waals surface area contributed by atoms with E-state index in [1.165, 1.54) is 0 Å². The van der Waals surface area contributed by atoms with E-state index in [0.29, 0.717) is 12.8 Å². The molecule has 0 rings (SSSR count). The zero-order valence-corrected chi connectivity index (χ0v) is 9.69. The van der Waals surface area contributed by atoms with E-state index in [9.17, 15) is 9.59 Å². The van der Waals surface area contributed by atoms with Gasteiger partial charge in [-0.15, -0.1) is 6.58 Å². The Labute approximate surface area is 96.0 Å². The summed E-state index contributed by atoms with van der Waals surface area (Å²) in [6.07, 6.45) is 4.06. The van der Waals surface area contributed by atoms with Crippen molar-refractivity contribution >= 4 is 11.9 Å². The summed E-state index contributed by atoms with van der Waals surface area (Å²) in [6, 6.07) is 0. The average Bonchev–Trinajstić information content (AvgIpc) is 2.21. The Morgan fingerprint density at radius 1 is 1.31 bits per heavy atom. The summed E-state index contributed by atoms with van der Waals surface area (Å²) >= 11 is 0. The van der Waals surface area contributed by atoms with Crippen LogP contribution in [0.1, 0.15) is 39.0 Å². The lowest BCUT2D eigenvalue weighted by atomic mass is 9.87. The minimum absolute atomic E-state index is 0.0590. The van der Waals surface area contributed by atoms with Gasteiger partial charge >= 0.3 is 11.9 Å². The van der Waals surface area contributed by atoms with E-state index in [-0.39, 0.29) is 24.7 Å². The molecular weight excluding hydrogens is 208 g/mol. The highest BCUT2D eigenvalue weighted by atomic mass is 16.4. The van der Waals surface area contributed by atoms with Crippen molar-refractivity contribution in [2.45, 2.75) is 39.0 Å². The molecule has 0 aromatic rings. The fraction of sp³-hybridized carbons (Fsp3) is 0.667. The highest BCUT2D eigenvalue weighted by Crippen LogP contribution is 2.23. The topological polar surface area (TPSA) is 74.6 Å². The molecule has 0 fully saturated rings. The van der Waals surface area contributed by atoms with Gasteiger partial charge in [-0.2, -0.15) is 0 Å². The van der Waals surface area contributed by atoms with Gasteiger partial charge in [-0.3, -0.25) is 9.59 Å². The van der Waals surface area contributed by atoms with Gasteiger partial charge < -0.3 is 10.2 Å². The van der Waals surface area contributed by atoms with Gasteiger partial charge in [-0.1, -0.05) is 19.4 Å². The predicted molar refractivity (Wildman–Crippen MR) is 61.2 cm³/mol. The molecule has 4 heteroatoms. The van der Waals surface area contributed by atoms with E-state index in [1.54, 1.807) is 6.08 Å². The van der Waals surface area contributed by atoms with Crippen LogP contribution in [0.2, 0.25) is 0 Å². The standard InChI is InChI=1S/C12H20O4/c1-3-9(5-6-11(13)14)7-10(4-2)8-12(15)16/h4,9-10H,2-3,5-8H2,1H3,(H,13,14)(H,15,16). The number of carboxylic acids is 2. The van der Waals surface area contributed by atoms with Crippen molar-refractivity contribution in [1.29, 1.82) is 0 Å². The lowest BCUT2D eigenvalue weighted by Gasteiger charge is -2.18. The summed E-state index contributed by atoms with van der Waals surface area (Å²) in [5, 5.41) is 17.3. The minimum Gasteiger partial charge on any atom is -0.481 e. The maximum Gasteiger partial charge on any atom is 0.303 e. The van der Waals surface area contributed by atoms with Crippen LogP contribution in [-0.2, 0) is 9.59 Å². The lowest BCUT2D eigenvalue weighted by molar-refractivity contribution is -0.139.